The molecular weight excluding hydrogens is 472 g/mol. The SMILES string of the molecule is COc1cnc(Cl)cc1-c1cc(/C(C=N)=C/N)ccc1C(=O)NC1=NN(C)C(C#CC2CC2)S1. The first-order chi connectivity index (χ1) is 16.4. The van der Waals surface area contributed by atoms with Gasteiger partial charge in [-0.2, -0.15) is 5.10 Å². The zero-order valence-corrected chi connectivity index (χ0v) is 20.2. The van der Waals surface area contributed by atoms with Crippen LogP contribution in [0.2, 0.25) is 5.15 Å². The lowest BCUT2D eigenvalue weighted by Crippen LogP contribution is -2.28. The van der Waals surface area contributed by atoms with Crippen molar-refractivity contribution >= 4 is 46.2 Å². The Hall–Kier alpha value is -3.48. The summed E-state index contributed by atoms with van der Waals surface area (Å²) < 4.78 is 5.47. The van der Waals surface area contributed by atoms with E-state index in [0.29, 0.717) is 44.7 Å². The van der Waals surface area contributed by atoms with Gasteiger partial charge in [-0.25, -0.2) is 4.98 Å². The summed E-state index contributed by atoms with van der Waals surface area (Å²) in [6.07, 6.45) is 6.29. The summed E-state index contributed by atoms with van der Waals surface area (Å²) in [5, 5.41) is 17.3. The second kappa shape index (κ2) is 10.2. The highest BCUT2D eigenvalue weighted by molar-refractivity contribution is 8.14. The topological polar surface area (TPSA) is 117 Å². The Labute approximate surface area is 207 Å². The summed E-state index contributed by atoms with van der Waals surface area (Å²) in [6, 6.07) is 6.81. The van der Waals surface area contributed by atoms with Crippen LogP contribution in [0, 0.1) is 23.2 Å². The summed E-state index contributed by atoms with van der Waals surface area (Å²) in [6.45, 7) is 0. The Morgan fingerprint density at radius 3 is 2.82 bits per heavy atom. The van der Waals surface area contributed by atoms with E-state index in [1.54, 1.807) is 29.3 Å². The number of ether oxygens (including phenoxy) is 1. The lowest BCUT2D eigenvalue weighted by Gasteiger charge is -2.15. The molecule has 2 aromatic rings. The van der Waals surface area contributed by atoms with E-state index in [1.807, 2.05) is 7.05 Å². The van der Waals surface area contributed by atoms with Gasteiger partial charge in [0.05, 0.1) is 13.3 Å². The minimum absolute atomic E-state index is 0.137. The number of pyridine rings is 1. The molecule has 4 rings (SSSR count). The lowest BCUT2D eigenvalue weighted by atomic mass is 9.94. The zero-order valence-electron chi connectivity index (χ0n) is 18.6. The summed E-state index contributed by atoms with van der Waals surface area (Å²) >= 11 is 7.56. The molecule has 1 amide bonds. The number of allylic oxidation sites excluding steroid dienone is 1. The molecule has 8 nitrogen and oxygen atoms in total. The molecule has 4 N–H and O–H groups in total. The average Bonchev–Trinajstić information content (AvgIpc) is 3.60. The third-order valence-corrected chi connectivity index (χ3v) is 6.56. The molecule has 34 heavy (non-hydrogen) atoms. The number of nitrogens with two attached hydrogens (primary N) is 1. The molecule has 1 unspecified atom stereocenters. The number of rotatable bonds is 5. The van der Waals surface area contributed by atoms with Crippen molar-refractivity contribution < 1.29 is 9.53 Å². The molecule has 174 valence electrons. The first-order valence-corrected chi connectivity index (χ1v) is 11.8. The summed E-state index contributed by atoms with van der Waals surface area (Å²) in [5.74, 6) is 7.06. The highest BCUT2D eigenvalue weighted by atomic mass is 35.5. The minimum Gasteiger partial charge on any atom is -0.494 e. The van der Waals surface area contributed by atoms with Crippen molar-refractivity contribution in [1.29, 1.82) is 5.41 Å². The second-order valence-corrected chi connectivity index (χ2v) is 9.16. The van der Waals surface area contributed by atoms with Crippen molar-refractivity contribution in [1.82, 2.24) is 15.3 Å². The predicted octanol–water partition coefficient (Wildman–Crippen LogP) is 3.78. The molecule has 1 atom stereocenters. The number of halogens is 1. The largest absolute Gasteiger partial charge is 0.494 e. The third-order valence-electron chi connectivity index (χ3n) is 5.30. The number of nitrogens with zero attached hydrogens (tertiary/aromatic N) is 3. The number of thioether (sulfide) groups is 1. The molecule has 10 heteroatoms. The van der Waals surface area contributed by atoms with Gasteiger partial charge in [0, 0.05) is 42.1 Å². The molecular formula is C24H23ClN6O2S. The molecule has 1 aromatic heterocycles. The number of hydrogen-bond acceptors (Lipinski definition) is 8. The number of aromatic nitrogens is 1. The van der Waals surface area contributed by atoms with Crippen molar-refractivity contribution in [3.63, 3.8) is 0 Å². The van der Waals surface area contributed by atoms with Gasteiger partial charge in [-0.05, 0) is 53.9 Å². The molecule has 1 aliphatic carbocycles. The van der Waals surface area contributed by atoms with Gasteiger partial charge in [0.1, 0.15) is 10.9 Å². The number of carbonyl (C=O) groups is 1. The molecule has 0 bridgehead atoms. The molecule has 1 fully saturated rings. The van der Waals surface area contributed by atoms with Crippen molar-refractivity contribution in [3.8, 4) is 28.7 Å². The first-order valence-electron chi connectivity index (χ1n) is 10.5. The Bertz CT molecular complexity index is 1260. The van der Waals surface area contributed by atoms with Crippen LogP contribution in [0.5, 0.6) is 5.75 Å². The predicted molar refractivity (Wildman–Crippen MR) is 137 cm³/mol. The smallest absolute Gasteiger partial charge is 0.257 e. The number of hydrogen-bond donors (Lipinski definition) is 3. The van der Waals surface area contributed by atoms with Gasteiger partial charge in [-0.1, -0.05) is 29.5 Å². The van der Waals surface area contributed by atoms with E-state index in [9.17, 15) is 4.79 Å². The van der Waals surface area contributed by atoms with Gasteiger partial charge in [-0.3, -0.25) is 15.1 Å². The number of amidine groups is 1. The number of benzene rings is 1. The number of nitrogens with one attached hydrogen (secondary N) is 2. The van der Waals surface area contributed by atoms with Crippen molar-refractivity contribution in [2.75, 3.05) is 14.2 Å². The molecule has 1 saturated carbocycles. The van der Waals surface area contributed by atoms with Crippen molar-refractivity contribution in [2.45, 2.75) is 18.2 Å². The van der Waals surface area contributed by atoms with Crippen LogP contribution in [0.15, 0.2) is 41.8 Å². The molecule has 0 spiro atoms. The molecule has 1 aliphatic heterocycles. The molecule has 2 aliphatic rings. The van der Waals surface area contributed by atoms with E-state index >= 15 is 0 Å². The van der Waals surface area contributed by atoms with Crippen molar-refractivity contribution in [3.05, 3.63) is 52.9 Å². The van der Waals surface area contributed by atoms with E-state index in [-0.39, 0.29) is 16.4 Å². The van der Waals surface area contributed by atoms with Gasteiger partial charge in [0.25, 0.3) is 5.91 Å². The Kier molecular flexibility index (Phi) is 7.10. The molecule has 1 aromatic carbocycles. The van der Waals surface area contributed by atoms with Crippen LogP contribution in [0.4, 0.5) is 0 Å². The fourth-order valence-electron chi connectivity index (χ4n) is 3.32. The monoisotopic (exact) mass is 494 g/mol. The fraction of sp³-hybridized carbons (Fsp3) is 0.250. The van der Waals surface area contributed by atoms with Crippen LogP contribution in [0.25, 0.3) is 16.7 Å². The second-order valence-electron chi connectivity index (χ2n) is 7.70. The Morgan fingerprint density at radius 2 is 2.15 bits per heavy atom. The number of hydrazone groups is 1. The van der Waals surface area contributed by atoms with E-state index in [4.69, 9.17) is 27.5 Å². The zero-order chi connectivity index (χ0) is 24.2. The van der Waals surface area contributed by atoms with E-state index in [0.717, 1.165) is 19.1 Å². The van der Waals surface area contributed by atoms with Gasteiger partial charge >= 0.3 is 0 Å². The van der Waals surface area contributed by atoms with E-state index < -0.39 is 0 Å². The number of amides is 1. The summed E-state index contributed by atoms with van der Waals surface area (Å²) in [4.78, 5) is 17.4. The normalized spacial score (nSPS) is 17.5. The highest BCUT2D eigenvalue weighted by Gasteiger charge is 2.27. The van der Waals surface area contributed by atoms with E-state index in [2.05, 4.69) is 27.2 Å². The van der Waals surface area contributed by atoms with Crippen molar-refractivity contribution in [2.24, 2.45) is 16.8 Å². The Balaban J connectivity index is 1.68. The Morgan fingerprint density at radius 1 is 1.35 bits per heavy atom. The number of methoxy groups -OCH3 is 1. The summed E-state index contributed by atoms with van der Waals surface area (Å²) in [5.41, 5.74) is 8.37. The van der Waals surface area contributed by atoms with Gasteiger partial charge in [0.2, 0.25) is 0 Å². The van der Waals surface area contributed by atoms with Crippen LogP contribution in [-0.2, 0) is 0 Å². The molecule has 2 heterocycles. The lowest BCUT2D eigenvalue weighted by molar-refractivity contribution is 0.0978. The number of carbonyl (C=O) groups excluding carboxylic acids is 1. The van der Waals surface area contributed by atoms with E-state index in [1.165, 1.54) is 31.3 Å². The maximum atomic E-state index is 13.4. The maximum Gasteiger partial charge on any atom is 0.257 e. The quantitative estimate of drug-likeness (QED) is 0.331. The third kappa shape index (κ3) is 5.19. The van der Waals surface area contributed by atoms with Crippen LogP contribution >= 0.6 is 23.4 Å². The first kappa shape index (κ1) is 23.7. The molecule has 0 radical (unpaired) electrons. The van der Waals surface area contributed by atoms with Crippen LogP contribution in [0.1, 0.15) is 28.8 Å². The van der Waals surface area contributed by atoms with Crippen LogP contribution in [0.3, 0.4) is 0 Å². The molecule has 0 saturated heterocycles. The standard InChI is InChI=1S/C24H23ClN6O2S/c1-31-22(8-5-14-3-4-14)34-24(30-31)29-23(32)17-7-6-15(16(11-26)12-27)9-18(17)19-10-21(25)28-13-20(19)33-2/h6-7,9-14,22,26H,3-4,27H2,1-2H3,(H,29,30,32)/b16-12+,26-11?. The minimum atomic E-state index is -0.347. The van der Waals surface area contributed by atoms with Gasteiger partial charge in [-0.15, -0.1) is 0 Å². The maximum absolute atomic E-state index is 13.4. The summed E-state index contributed by atoms with van der Waals surface area (Å²) in [7, 11) is 3.35. The fourth-order valence-corrected chi connectivity index (χ4v) is 4.35. The van der Waals surface area contributed by atoms with Crippen LogP contribution in [-0.4, -0.2) is 46.8 Å². The van der Waals surface area contributed by atoms with Gasteiger partial charge < -0.3 is 15.9 Å². The highest BCUT2D eigenvalue weighted by Crippen LogP contribution is 2.35. The van der Waals surface area contributed by atoms with Crippen LogP contribution < -0.4 is 15.8 Å². The van der Waals surface area contributed by atoms with Gasteiger partial charge in [0.15, 0.2) is 10.5 Å². The average molecular weight is 495 g/mol.